The molecule has 0 atom stereocenters. The van der Waals surface area contributed by atoms with Crippen molar-refractivity contribution in [2.24, 2.45) is 0 Å². The summed E-state index contributed by atoms with van der Waals surface area (Å²) in [6.45, 7) is 0. The maximum Gasteiger partial charge on any atom is 0.273 e. The maximum absolute atomic E-state index is 11.9. The molecule has 0 saturated carbocycles. The summed E-state index contributed by atoms with van der Waals surface area (Å²) in [6, 6.07) is 28.5. The Kier molecular flexibility index (Phi) is 7.35. The van der Waals surface area contributed by atoms with Crippen LogP contribution in [0.2, 0.25) is 10.0 Å². The zero-order valence-electron chi connectivity index (χ0n) is 19.8. The Morgan fingerprint density at radius 2 is 0.947 bits per heavy atom. The van der Waals surface area contributed by atoms with Crippen molar-refractivity contribution in [3.63, 3.8) is 0 Å². The summed E-state index contributed by atoms with van der Waals surface area (Å²) in [4.78, 5) is 32.2. The molecule has 0 radical (unpaired) electrons. The minimum absolute atomic E-state index is 0.149. The Morgan fingerprint density at radius 3 is 1.29 bits per heavy atom. The molecule has 6 aromatic rings. The molecule has 0 aliphatic heterocycles. The molecule has 0 bridgehead atoms. The molecule has 4 aromatic heterocycles. The minimum atomic E-state index is -0.149. The van der Waals surface area contributed by atoms with Crippen molar-refractivity contribution >= 4 is 23.2 Å². The molecule has 0 amide bonds. The van der Waals surface area contributed by atoms with Gasteiger partial charge in [-0.25, -0.2) is 19.3 Å². The number of aromatic amines is 2. The average Bonchev–Trinajstić information content (AvgIpc) is 3.53. The van der Waals surface area contributed by atoms with Gasteiger partial charge in [-0.2, -0.15) is 0 Å². The zero-order valence-corrected chi connectivity index (χ0v) is 21.3. The smallest absolute Gasteiger partial charge is 0.273 e. The largest absolute Gasteiger partial charge is 0.289 e. The molecular weight excluding hydrogens is 523 g/mol. The number of hydrogen-bond donors (Lipinski definition) is 2. The predicted octanol–water partition coefficient (Wildman–Crippen LogP) is 5.76. The third-order valence-electron chi connectivity index (χ3n) is 5.51. The van der Waals surface area contributed by atoms with Crippen LogP contribution < -0.4 is 11.1 Å². The van der Waals surface area contributed by atoms with E-state index in [1.807, 2.05) is 36.4 Å². The Morgan fingerprint density at radius 1 is 0.553 bits per heavy atom. The lowest BCUT2D eigenvalue weighted by atomic mass is 10.2. The maximum atomic E-state index is 11.9. The third-order valence-corrected chi connectivity index (χ3v) is 6.01. The Balaban J connectivity index is 0.000000155. The van der Waals surface area contributed by atoms with Crippen LogP contribution in [0.1, 0.15) is 0 Å². The molecule has 0 aliphatic carbocycles. The van der Waals surface area contributed by atoms with Gasteiger partial charge in [0.15, 0.2) is 11.6 Å². The van der Waals surface area contributed by atoms with Gasteiger partial charge < -0.3 is 0 Å². The van der Waals surface area contributed by atoms with Crippen LogP contribution in [0.4, 0.5) is 0 Å². The van der Waals surface area contributed by atoms with Gasteiger partial charge in [-0.3, -0.25) is 19.8 Å². The molecule has 6 rings (SSSR count). The van der Waals surface area contributed by atoms with Gasteiger partial charge in [0.25, 0.3) is 11.1 Å². The average molecular weight is 543 g/mol. The van der Waals surface area contributed by atoms with Gasteiger partial charge in [0, 0.05) is 34.6 Å². The van der Waals surface area contributed by atoms with Gasteiger partial charge in [0.2, 0.25) is 0 Å². The highest BCUT2D eigenvalue weighted by Crippen LogP contribution is 2.20. The van der Waals surface area contributed by atoms with Crippen LogP contribution in [0.25, 0.3) is 34.2 Å². The van der Waals surface area contributed by atoms with E-state index in [1.54, 1.807) is 60.9 Å². The molecule has 0 fully saturated rings. The van der Waals surface area contributed by atoms with E-state index < -0.39 is 0 Å². The minimum Gasteiger partial charge on any atom is -0.289 e. The molecule has 2 aromatic carbocycles. The van der Waals surface area contributed by atoms with Crippen LogP contribution in [-0.4, -0.2) is 29.5 Å². The summed E-state index contributed by atoms with van der Waals surface area (Å²) in [5.74, 6) is 1.13. The van der Waals surface area contributed by atoms with E-state index >= 15 is 0 Å². The molecule has 188 valence electrons. The van der Waals surface area contributed by atoms with Crippen LogP contribution in [0.3, 0.4) is 0 Å². The fourth-order valence-electron chi connectivity index (χ4n) is 3.66. The molecule has 0 spiro atoms. The van der Waals surface area contributed by atoms with Crippen molar-refractivity contribution in [3.05, 3.63) is 140 Å². The Labute approximate surface area is 226 Å². The highest BCUT2D eigenvalue weighted by atomic mass is 35.5. The van der Waals surface area contributed by atoms with Crippen LogP contribution in [0.5, 0.6) is 0 Å². The molecule has 2 N–H and O–H groups in total. The number of hydrogen-bond acceptors (Lipinski definition) is 4. The van der Waals surface area contributed by atoms with Gasteiger partial charge >= 0.3 is 0 Å². The van der Waals surface area contributed by atoms with E-state index in [-0.39, 0.29) is 11.1 Å². The third kappa shape index (κ3) is 5.67. The van der Waals surface area contributed by atoms with E-state index in [0.29, 0.717) is 21.7 Å². The first kappa shape index (κ1) is 25.0. The number of H-pyrrole nitrogens is 2. The highest BCUT2D eigenvalue weighted by Gasteiger charge is 2.08. The predicted molar refractivity (Wildman–Crippen MR) is 149 cm³/mol. The number of nitrogens with one attached hydrogen (secondary N) is 2. The van der Waals surface area contributed by atoms with Crippen LogP contribution in [-0.2, 0) is 0 Å². The van der Waals surface area contributed by atoms with Crippen molar-refractivity contribution in [1.82, 2.24) is 29.5 Å². The number of benzene rings is 2. The standard InChI is InChI=1S/2C14H10ClN3O/c2*15-11-6-4-10(5-7-11)12-9-14(19)18(17-12)13-3-1-2-8-16-13/h2*1-9,17H. The zero-order chi connectivity index (χ0) is 26.5. The van der Waals surface area contributed by atoms with Crippen LogP contribution in [0, 0.1) is 0 Å². The van der Waals surface area contributed by atoms with Crippen molar-refractivity contribution in [2.45, 2.75) is 0 Å². The number of halogens is 2. The van der Waals surface area contributed by atoms with Crippen LogP contribution in [0.15, 0.2) is 119 Å². The topological polar surface area (TPSA) is 101 Å². The van der Waals surface area contributed by atoms with E-state index in [1.165, 1.54) is 21.5 Å². The van der Waals surface area contributed by atoms with Gasteiger partial charge in [-0.15, -0.1) is 0 Å². The number of rotatable bonds is 4. The summed E-state index contributed by atoms with van der Waals surface area (Å²) in [5, 5.41) is 7.39. The van der Waals surface area contributed by atoms with Gasteiger partial charge in [0.1, 0.15) is 0 Å². The first-order valence-electron chi connectivity index (χ1n) is 11.5. The van der Waals surface area contributed by atoms with Gasteiger partial charge in [0.05, 0.1) is 11.4 Å². The summed E-state index contributed by atoms with van der Waals surface area (Å²) in [5.41, 5.74) is 2.96. The number of pyridine rings is 2. The van der Waals surface area contributed by atoms with Gasteiger partial charge in [-0.05, 0) is 59.7 Å². The molecule has 38 heavy (non-hydrogen) atoms. The van der Waals surface area contributed by atoms with E-state index in [0.717, 1.165) is 22.5 Å². The summed E-state index contributed by atoms with van der Waals surface area (Å²) in [6.07, 6.45) is 3.29. The van der Waals surface area contributed by atoms with Crippen LogP contribution >= 0.6 is 23.2 Å². The summed E-state index contributed by atoms with van der Waals surface area (Å²) >= 11 is 11.7. The molecule has 4 heterocycles. The molecule has 0 unspecified atom stereocenters. The first-order valence-corrected chi connectivity index (χ1v) is 12.2. The SMILES string of the molecule is O=c1cc(-c2ccc(Cl)cc2)[nH]n1-c1ccccn1.O=c1cc(-c2ccc(Cl)cc2)[nH]n1-c1ccccn1. The van der Waals surface area contributed by atoms with E-state index in [9.17, 15) is 9.59 Å². The van der Waals surface area contributed by atoms with Crippen molar-refractivity contribution < 1.29 is 0 Å². The molecule has 0 saturated heterocycles. The van der Waals surface area contributed by atoms with E-state index in [2.05, 4.69) is 20.2 Å². The second kappa shape index (κ2) is 11.2. The van der Waals surface area contributed by atoms with Gasteiger partial charge in [-0.1, -0.05) is 59.6 Å². The lowest BCUT2D eigenvalue weighted by Crippen LogP contribution is -2.14. The lowest BCUT2D eigenvalue weighted by Gasteiger charge is -2.00. The molecular formula is C28H20Cl2N6O2. The molecule has 8 nitrogen and oxygen atoms in total. The second-order valence-corrected chi connectivity index (χ2v) is 8.95. The lowest BCUT2D eigenvalue weighted by molar-refractivity contribution is 0.822. The van der Waals surface area contributed by atoms with Crippen molar-refractivity contribution in [2.75, 3.05) is 0 Å². The van der Waals surface area contributed by atoms with E-state index in [4.69, 9.17) is 23.2 Å². The Hall–Kier alpha value is -4.66. The quantitative estimate of drug-likeness (QED) is 0.295. The normalized spacial score (nSPS) is 10.6. The second-order valence-electron chi connectivity index (χ2n) is 8.08. The highest BCUT2D eigenvalue weighted by molar-refractivity contribution is 6.30. The fourth-order valence-corrected chi connectivity index (χ4v) is 3.91. The summed E-state index contributed by atoms with van der Waals surface area (Å²) in [7, 11) is 0. The summed E-state index contributed by atoms with van der Waals surface area (Å²) < 4.78 is 2.81. The Bertz CT molecular complexity index is 1620. The number of aromatic nitrogens is 6. The monoisotopic (exact) mass is 542 g/mol. The molecule has 0 aliphatic rings. The molecule has 10 heteroatoms. The number of nitrogens with zero attached hydrogens (tertiary/aromatic N) is 4. The first-order chi connectivity index (χ1) is 18.5. The fraction of sp³-hybridized carbons (Fsp3) is 0. The van der Waals surface area contributed by atoms with Crippen molar-refractivity contribution in [3.8, 4) is 34.2 Å². The van der Waals surface area contributed by atoms with Crippen molar-refractivity contribution in [1.29, 1.82) is 0 Å².